The fourth-order valence-corrected chi connectivity index (χ4v) is 3.31. The van der Waals surface area contributed by atoms with E-state index >= 15 is 0 Å². The van der Waals surface area contributed by atoms with Gasteiger partial charge in [-0.15, -0.1) is 0 Å². The topological polar surface area (TPSA) is 29.9 Å². The third kappa shape index (κ3) is 3.46. The van der Waals surface area contributed by atoms with Crippen LogP contribution >= 0.6 is 0 Å². The van der Waals surface area contributed by atoms with Crippen LogP contribution in [0.3, 0.4) is 0 Å². The summed E-state index contributed by atoms with van der Waals surface area (Å²) in [4.78, 5) is 4.10. The molecule has 0 aliphatic heterocycles. The Morgan fingerprint density at radius 2 is 2.24 bits per heavy atom. The largest absolute Gasteiger partial charge is 0.382 e. The van der Waals surface area contributed by atoms with Gasteiger partial charge in [0, 0.05) is 30.7 Å². The first-order chi connectivity index (χ1) is 10.1. The van der Waals surface area contributed by atoms with Gasteiger partial charge in [0.05, 0.1) is 6.33 Å². The molecule has 1 atom stereocenters. The zero-order chi connectivity index (χ0) is 14.7. The lowest BCUT2D eigenvalue weighted by Crippen LogP contribution is -2.38. The third-order valence-electron chi connectivity index (χ3n) is 4.70. The quantitative estimate of drug-likeness (QED) is 0.906. The van der Waals surface area contributed by atoms with E-state index in [-0.39, 0.29) is 0 Å². The van der Waals surface area contributed by atoms with Crippen molar-refractivity contribution in [2.75, 3.05) is 5.32 Å². The number of rotatable bonds is 4. The van der Waals surface area contributed by atoms with Crippen LogP contribution in [0.25, 0.3) is 0 Å². The molecule has 1 aromatic heterocycles. The van der Waals surface area contributed by atoms with Crippen molar-refractivity contribution < 1.29 is 0 Å². The van der Waals surface area contributed by atoms with E-state index in [4.69, 9.17) is 0 Å². The van der Waals surface area contributed by atoms with Crippen molar-refractivity contribution in [3.05, 3.63) is 48.5 Å². The highest BCUT2D eigenvalue weighted by Gasteiger charge is 2.31. The van der Waals surface area contributed by atoms with Crippen molar-refractivity contribution in [2.45, 2.75) is 52.1 Å². The van der Waals surface area contributed by atoms with Gasteiger partial charge < -0.3 is 9.88 Å². The summed E-state index contributed by atoms with van der Waals surface area (Å²) < 4.78 is 2.10. The molecule has 2 aromatic rings. The molecule has 0 amide bonds. The Kier molecular flexibility index (Phi) is 4.00. The SMILES string of the molecule is CC1(C)CCCCC1Nc1cccc(Cn2ccnc2)c1. The molecule has 1 unspecified atom stereocenters. The molecule has 1 saturated carbocycles. The molecule has 1 aliphatic carbocycles. The number of nitrogens with zero attached hydrogens (tertiary/aromatic N) is 2. The molecule has 0 saturated heterocycles. The van der Waals surface area contributed by atoms with Crippen LogP contribution in [0, 0.1) is 5.41 Å². The second kappa shape index (κ2) is 5.92. The molecule has 3 rings (SSSR count). The Morgan fingerprint density at radius 1 is 1.33 bits per heavy atom. The minimum absolute atomic E-state index is 0.388. The van der Waals surface area contributed by atoms with Gasteiger partial charge in [-0.05, 0) is 36.0 Å². The van der Waals surface area contributed by atoms with E-state index in [0.717, 1.165) is 6.54 Å². The number of nitrogens with one attached hydrogen (secondary N) is 1. The molecule has 0 spiro atoms. The van der Waals surface area contributed by atoms with Gasteiger partial charge in [-0.1, -0.05) is 38.8 Å². The molecule has 0 bridgehead atoms. The first-order valence-corrected chi connectivity index (χ1v) is 7.95. The van der Waals surface area contributed by atoms with Gasteiger partial charge in [0.1, 0.15) is 0 Å². The van der Waals surface area contributed by atoms with E-state index in [9.17, 15) is 0 Å². The Balaban J connectivity index is 1.71. The maximum absolute atomic E-state index is 4.10. The van der Waals surface area contributed by atoms with E-state index in [1.807, 2.05) is 18.7 Å². The first kappa shape index (κ1) is 14.2. The molecular formula is C18H25N3. The van der Waals surface area contributed by atoms with Crippen LogP contribution in [0.4, 0.5) is 5.69 Å². The number of hydrogen-bond acceptors (Lipinski definition) is 2. The normalized spacial score (nSPS) is 21.1. The van der Waals surface area contributed by atoms with Crippen molar-refractivity contribution in [1.29, 1.82) is 0 Å². The molecule has 1 aromatic carbocycles. The Bertz CT molecular complexity index is 572. The van der Waals surface area contributed by atoms with Crippen molar-refractivity contribution in [2.24, 2.45) is 5.41 Å². The predicted octanol–water partition coefficient (Wildman–Crippen LogP) is 4.31. The van der Waals surface area contributed by atoms with Crippen molar-refractivity contribution in [3.8, 4) is 0 Å². The second-order valence-corrected chi connectivity index (χ2v) is 6.87. The van der Waals surface area contributed by atoms with Gasteiger partial charge in [-0.25, -0.2) is 4.98 Å². The number of benzene rings is 1. The summed E-state index contributed by atoms with van der Waals surface area (Å²) in [7, 11) is 0. The predicted molar refractivity (Wildman–Crippen MR) is 87.4 cm³/mol. The van der Waals surface area contributed by atoms with Crippen LogP contribution in [0.15, 0.2) is 43.0 Å². The maximum atomic E-state index is 4.10. The number of aromatic nitrogens is 2. The Morgan fingerprint density at radius 3 is 3.00 bits per heavy atom. The fraction of sp³-hybridized carbons (Fsp3) is 0.500. The van der Waals surface area contributed by atoms with Crippen molar-refractivity contribution >= 4 is 5.69 Å². The Hall–Kier alpha value is -1.77. The minimum atomic E-state index is 0.388. The highest BCUT2D eigenvalue weighted by molar-refractivity contribution is 5.47. The fourth-order valence-electron chi connectivity index (χ4n) is 3.31. The van der Waals surface area contributed by atoms with E-state index in [1.54, 1.807) is 0 Å². The van der Waals surface area contributed by atoms with E-state index in [1.165, 1.54) is 36.9 Å². The first-order valence-electron chi connectivity index (χ1n) is 7.95. The van der Waals surface area contributed by atoms with Gasteiger partial charge in [0.15, 0.2) is 0 Å². The average Bonchev–Trinajstić information content (AvgIpc) is 2.94. The molecule has 3 nitrogen and oxygen atoms in total. The average molecular weight is 283 g/mol. The van der Waals surface area contributed by atoms with Gasteiger partial charge in [0.25, 0.3) is 0 Å². The summed E-state index contributed by atoms with van der Waals surface area (Å²) in [5, 5.41) is 3.77. The van der Waals surface area contributed by atoms with Crippen LogP contribution in [0.1, 0.15) is 45.1 Å². The Labute approximate surface area is 127 Å². The highest BCUT2D eigenvalue weighted by atomic mass is 15.0. The molecule has 1 N–H and O–H groups in total. The summed E-state index contributed by atoms with van der Waals surface area (Å²) in [5.74, 6) is 0. The number of anilines is 1. The van der Waals surface area contributed by atoms with E-state index in [0.29, 0.717) is 11.5 Å². The lowest BCUT2D eigenvalue weighted by Gasteiger charge is -2.39. The van der Waals surface area contributed by atoms with Gasteiger partial charge in [0.2, 0.25) is 0 Å². The molecule has 1 fully saturated rings. The summed E-state index contributed by atoms with van der Waals surface area (Å²) >= 11 is 0. The van der Waals surface area contributed by atoms with Crippen molar-refractivity contribution in [1.82, 2.24) is 9.55 Å². The second-order valence-electron chi connectivity index (χ2n) is 6.87. The molecule has 112 valence electrons. The standard InChI is InChI=1S/C18H25N3/c1-18(2)9-4-3-8-17(18)20-16-7-5-6-15(12-16)13-21-11-10-19-14-21/h5-7,10-12,14,17,20H,3-4,8-9,13H2,1-2H3. The van der Waals surface area contributed by atoms with Crippen molar-refractivity contribution in [3.63, 3.8) is 0 Å². The molecule has 1 aliphatic rings. The lowest BCUT2D eigenvalue weighted by atomic mass is 9.73. The van der Waals surface area contributed by atoms with Crippen LogP contribution in [0.2, 0.25) is 0 Å². The minimum Gasteiger partial charge on any atom is -0.382 e. The summed E-state index contributed by atoms with van der Waals surface area (Å²) in [6.07, 6.45) is 11.0. The van der Waals surface area contributed by atoms with Crippen LogP contribution in [-0.2, 0) is 6.54 Å². The summed E-state index contributed by atoms with van der Waals surface area (Å²) in [6.45, 7) is 5.65. The van der Waals surface area contributed by atoms with E-state index < -0.39 is 0 Å². The molecule has 0 radical (unpaired) electrons. The number of hydrogen-bond donors (Lipinski definition) is 1. The smallest absolute Gasteiger partial charge is 0.0949 e. The molecule has 1 heterocycles. The lowest BCUT2D eigenvalue weighted by molar-refractivity contribution is 0.217. The maximum Gasteiger partial charge on any atom is 0.0949 e. The van der Waals surface area contributed by atoms with Gasteiger partial charge >= 0.3 is 0 Å². The van der Waals surface area contributed by atoms with Gasteiger partial charge in [-0.2, -0.15) is 0 Å². The highest BCUT2D eigenvalue weighted by Crippen LogP contribution is 2.37. The third-order valence-corrected chi connectivity index (χ3v) is 4.70. The van der Waals surface area contributed by atoms with Crippen LogP contribution in [-0.4, -0.2) is 15.6 Å². The zero-order valence-electron chi connectivity index (χ0n) is 13.0. The zero-order valence-corrected chi connectivity index (χ0v) is 13.0. The van der Waals surface area contributed by atoms with Gasteiger partial charge in [-0.3, -0.25) is 0 Å². The monoisotopic (exact) mass is 283 g/mol. The van der Waals surface area contributed by atoms with E-state index in [2.05, 4.69) is 53.0 Å². The molecule has 3 heteroatoms. The molecule has 21 heavy (non-hydrogen) atoms. The summed E-state index contributed by atoms with van der Waals surface area (Å²) in [6, 6.07) is 9.35. The molecular weight excluding hydrogens is 258 g/mol. The van der Waals surface area contributed by atoms with Crippen LogP contribution in [0.5, 0.6) is 0 Å². The van der Waals surface area contributed by atoms with Crippen LogP contribution < -0.4 is 5.32 Å². The number of imidazole rings is 1. The summed E-state index contributed by atoms with van der Waals surface area (Å²) in [5.41, 5.74) is 2.94.